The number of primary sulfonamides is 1. The Bertz CT molecular complexity index is 1260. The summed E-state index contributed by atoms with van der Waals surface area (Å²) >= 11 is 1.40. The molecule has 4 N–H and O–H groups in total. The Kier molecular flexibility index (Phi) is 4.48. The van der Waals surface area contributed by atoms with Crippen molar-refractivity contribution in [2.75, 3.05) is 5.32 Å². The quantitative estimate of drug-likeness (QED) is 0.589. The number of thiophene rings is 1. The third kappa shape index (κ3) is 3.19. The lowest BCUT2D eigenvalue weighted by atomic mass is 9.96. The first-order chi connectivity index (χ1) is 13.3. The molecular formula is C18H16N3O5S2-. The molecule has 0 bridgehead atoms. The number of nitrogens with one attached hydrogen (secondary N) is 2. The summed E-state index contributed by atoms with van der Waals surface area (Å²) in [6.07, 6.45) is 3.64. The zero-order chi connectivity index (χ0) is 20.1. The van der Waals surface area contributed by atoms with Gasteiger partial charge in [-0.05, 0) is 55.5 Å². The van der Waals surface area contributed by atoms with Gasteiger partial charge in [-0.2, -0.15) is 0 Å². The van der Waals surface area contributed by atoms with Gasteiger partial charge in [0.2, 0.25) is 10.0 Å². The fourth-order valence-corrected chi connectivity index (χ4v) is 5.21. The van der Waals surface area contributed by atoms with Crippen LogP contribution in [0.15, 0.2) is 34.0 Å². The van der Waals surface area contributed by atoms with Crippen LogP contribution in [0, 0.1) is 0 Å². The van der Waals surface area contributed by atoms with Gasteiger partial charge in [0.25, 0.3) is 11.5 Å². The van der Waals surface area contributed by atoms with Crippen LogP contribution in [-0.4, -0.2) is 19.3 Å². The van der Waals surface area contributed by atoms with Crippen LogP contribution in [0.25, 0.3) is 10.2 Å². The van der Waals surface area contributed by atoms with Gasteiger partial charge in [-0.3, -0.25) is 9.59 Å². The van der Waals surface area contributed by atoms with Crippen LogP contribution in [0.5, 0.6) is 5.75 Å². The SMILES string of the molecule is NS(=O)(=O)c1ccc(NC(=O)c2c([O-])c3c4c(sc3[nH]c2=O)CCCC4)cc1. The maximum Gasteiger partial charge on any atom is 0.261 e. The highest BCUT2D eigenvalue weighted by molar-refractivity contribution is 7.89. The molecule has 2 aromatic heterocycles. The smallest absolute Gasteiger partial charge is 0.261 e. The van der Waals surface area contributed by atoms with Gasteiger partial charge in [0.15, 0.2) is 0 Å². The average molecular weight is 418 g/mol. The van der Waals surface area contributed by atoms with Crippen LogP contribution in [0.2, 0.25) is 0 Å². The monoisotopic (exact) mass is 418 g/mol. The number of aryl methyl sites for hydroxylation is 2. The molecule has 1 amide bonds. The van der Waals surface area contributed by atoms with Gasteiger partial charge >= 0.3 is 0 Å². The minimum absolute atomic E-state index is 0.112. The molecule has 10 heteroatoms. The molecule has 0 saturated heterocycles. The Balaban J connectivity index is 1.72. The fraction of sp³-hybridized carbons (Fsp3) is 0.222. The standard InChI is InChI=1S/C18H17N3O5S2/c19-28(25,26)10-7-5-9(6-8-10)20-16(23)14-15(22)13-11-3-1-2-4-12(11)27-18(13)21-17(14)24/h5-8H,1-4H2,(H,20,23)(H2,19,25,26)(H2,21,22,24)/p-1. The third-order valence-electron chi connectivity index (χ3n) is 4.75. The van der Waals surface area contributed by atoms with Crippen LogP contribution >= 0.6 is 11.3 Å². The molecule has 0 unspecified atom stereocenters. The Morgan fingerprint density at radius 2 is 1.86 bits per heavy atom. The molecule has 0 radical (unpaired) electrons. The Morgan fingerprint density at radius 3 is 2.54 bits per heavy atom. The second-order valence-corrected chi connectivity index (χ2v) is 9.26. The number of fused-ring (bicyclic) bond motifs is 3. The first-order valence-electron chi connectivity index (χ1n) is 8.57. The minimum Gasteiger partial charge on any atom is -0.871 e. The molecule has 0 saturated carbocycles. The molecule has 1 aliphatic carbocycles. The first kappa shape index (κ1) is 18.7. The largest absolute Gasteiger partial charge is 0.871 e. The lowest BCUT2D eigenvalue weighted by Gasteiger charge is -2.17. The molecule has 3 aromatic rings. The maximum absolute atomic E-state index is 12.9. The van der Waals surface area contributed by atoms with Crippen molar-refractivity contribution in [1.29, 1.82) is 0 Å². The highest BCUT2D eigenvalue weighted by Crippen LogP contribution is 2.39. The number of pyridine rings is 1. The van der Waals surface area contributed by atoms with Crippen LogP contribution in [0.3, 0.4) is 0 Å². The van der Waals surface area contributed by atoms with E-state index in [0.29, 0.717) is 10.2 Å². The van der Waals surface area contributed by atoms with E-state index >= 15 is 0 Å². The fourth-order valence-electron chi connectivity index (χ4n) is 3.42. The van der Waals surface area contributed by atoms with Crippen molar-refractivity contribution in [3.05, 3.63) is 50.6 Å². The molecule has 0 fully saturated rings. The normalized spacial score (nSPS) is 14.0. The maximum atomic E-state index is 12.9. The Labute approximate surface area is 164 Å². The highest BCUT2D eigenvalue weighted by Gasteiger charge is 2.21. The molecule has 1 aliphatic rings. The zero-order valence-corrected chi connectivity index (χ0v) is 16.2. The molecule has 146 valence electrons. The second-order valence-electron chi connectivity index (χ2n) is 6.60. The summed E-state index contributed by atoms with van der Waals surface area (Å²) in [4.78, 5) is 29.1. The molecule has 8 nitrogen and oxygen atoms in total. The second kappa shape index (κ2) is 6.73. The van der Waals surface area contributed by atoms with E-state index in [2.05, 4.69) is 10.3 Å². The number of rotatable bonds is 3. The number of hydrogen-bond acceptors (Lipinski definition) is 6. The van der Waals surface area contributed by atoms with Crippen molar-refractivity contribution in [2.24, 2.45) is 5.14 Å². The Hall–Kier alpha value is -2.69. The Morgan fingerprint density at radius 1 is 1.18 bits per heavy atom. The summed E-state index contributed by atoms with van der Waals surface area (Å²) in [7, 11) is -3.86. The molecule has 28 heavy (non-hydrogen) atoms. The number of hydrogen-bond donors (Lipinski definition) is 3. The van der Waals surface area contributed by atoms with Crippen molar-refractivity contribution < 1.29 is 18.3 Å². The van der Waals surface area contributed by atoms with E-state index in [1.807, 2.05) is 0 Å². The number of carbonyl (C=O) groups is 1. The van der Waals surface area contributed by atoms with E-state index in [0.717, 1.165) is 36.1 Å². The summed E-state index contributed by atoms with van der Waals surface area (Å²) in [5.41, 5.74) is -0.0494. The summed E-state index contributed by atoms with van der Waals surface area (Å²) in [5.74, 6) is -1.41. The topological polar surface area (TPSA) is 145 Å². The highest BCUT2D eigenvalue weighted by atomic mass is 32.2. The van der Waals surface area contributed by atoms with Gasteiger partial charge in [-0.25, -0.2) is 13.6 Å². The van der Waals surface area contributed by atoms with Crippen molar-refractivity contribution in [2.45, 2.75) is 30.6 Å². The van der Waals surface area contributed by atoms with Crippen LogP contribution in [-0.2, 0) is 22.9 Å². The number of amides is 1. The van der Waals surface area contributed by atoms with Crippen LogP contribution < -0.4 is 21.1 Å². The molecular weight excluding hydrogens is 402 g/mol. The van der Waals surface area contributed by atoms with Crippen molar-refractivity contribution >= 4 is 43.2 Å². The summed E-state index contributed by atoms with van der Waals surface area (Å²) in [6.45, 7) is 0. The number of carbonyl (C=O) groups excluding carboxylic acids is 1. The molecule has 0 atom stereocenters. The van der Waals surface area contributed by atoms with E-state index in [-0.39, 0.29) is 10.6 Å². The number of H-pyrrole nitrogens is 1. The van der Waals surface area contributed by atoms with Crippen molar-refractivity contribution in [3.63, 3.8) is 0 Å². The lowest BCUT2D eigenvalue weighted by Crippen LogP contribution is -2.25. The van der Waals surface area contributed by atoms with E-state index in [4.69, 9.17) is 5.14 Å². The van der Waals surface area contributed by atoms with Crippen LogP contribution in [0.1, 0.15) is 33.6 Å². The van der Waals surface area contributed by atoms with Crippen molar-refractivity contribution in [3.8, 4) is 5.75 Å². The number of benzene rings is 1. The molecule has 4 rings (SSSR count). The van der Waals surface area contributed by atoms with E-state index in [1.54, 1.807) is 0 Å². The average Bonchev–Trinajstić information content (AvgIpc) is 2.99. The molecule has 0 spiro atoms. The van der Waals surface area contributed by atoms with E-state index in [1.165, 1.54) is 35.6 Å². The lowest BCUT2D eigenvalue weighted by molar-refractivity contribution is -0.266. The van der Waals surface area contributed by atoms with Crippen molar-refractivity contribution in [1.82, 2.24) is 4.98 Å². The summed E-state index contributed by atoms with van der Waals surface area (Å²) < 4.78 is 22.6. The van der Waals surface area contributed by atoms with Gasteiger partial charge < -0.3 is 15.4 Å². The number of nitrogens with two attached hydrogens (primary N) is 1. The van der Waals surface area contributed by atoms with Gasteiger partial charge in [0.1, 0.15) is 4.83 Å². The number of aromatic nitrogens is 1. The van der Waals surface area contributed by atoms with Crippen LogP contribution in [0.4, 0.5) is 5.69 Å². The molecule has 1 aromatic carbocycles. The van der Waals surface area contributed by atoms with Gasteiger partial charge in [-0.1, -0.05) is 5.75 Å². The van der Waals surface area contributed by atoms with Gasteiger partial charge in [-0.15, -0.1) is 11.3 Å². The predicted octanol–water partition coefficient (Wildman–Crippen LogP) is 1.44. The number of aromatic amines is 1. The number of anilines is 1. The van der Waals surface area contributed by atoms with Gasteiger partial charge in [0, 0.05) is 16.0 Å². The molecule has 0 aliphatic heterocycles. The summed E-state index contributed by atoms with van der Waals surface area (Å²) in [5, 5.41) is 20.9. The number of sulfonamides is 1. The first-order valence-corrected chi connectivity index (χ1v) is 10.9. The van der Waals surface area contributed by atoms with Gasteiger partial charge in [0.05, 0.1) is 10.5 Å². The zero-order valence-electron chi connectivity index (χ0n) is 14.6. The van der Waals surface area contributed by atoms with E-state index in [9.17, 15) is 23.1 Å². The predicted molar refractivity (Wildman–Crippen MR) is 104 cm³/mol. The van der Waals surface area contributed by atoms with E-state index < -0.39 is 32.8 Å². The summed E-state index contributed by atoms with van der Waals surface area (Å²) in [6, 6.07) is 5.13. The molecule has 2 heterocycles. The minimum atomic E-state index is -3.86. The third-order valence-corrected chi connectivity index (χ3v) is 6.88.